The summed E-state index contributed by atoms with van der Waals surface area (Å²) in [5, 5.41) is 7.85. The second-order valence-corrected chi connectivity index (χ2v) is 9.27. The number of hydrazone groups is 1. The summed E-state index contributed by atoms with van der Waals surface area (Å²) >= 11 is 1.71. The highest BCUT2D eigenvalue weighted by Gasteiger charge is 2.13. The number of unbranched alkanes of at least 4 members (excludes halogenated alkanes) is 3. The molecule has 3 aromatic rings. The van der Waals surface area contributed by atoms with Gasteiger partial charge in [0.1, 0.15) is 0 Å². The van der Waals surface area contributed by atoms with Crippen molar-refractivity contribution in [2.24, 2.45) is 5.10 Å². The van der Waals surface area contributed by atoms with Crippen LogP contribution in [0.1, 0.15) is 64.5 Å². The predicted molar refractivity (Wildman–Crippen MR) is 124 cm³/mol. The molecule has 1 aromatic heterocycles. The molecule has 0 N–H and O–H groups in total. The third kappa shape index (κ3) is 5.41. The summed E-state index contributed by atoms with van der Waals surface area (Å²) in [7, 11) is 0. The zero-order valence-corrected chi connectivity index (χ0v) is 18.3. The molecule has 4 heteroatoms. The van der Waals surface area contributed by atoms with Gasteiger partial charge in [0.05, 0.1) is 16.4 Å². The van der Waals surface area contributed by atoms with Gasteiger partial charge in [0, 0.05) is 6.54 Å². The molecule has 0 aliphatic heterocycles. The molecule has 2 aromatic carbocycles. The van der Waals surface area contributed by atoms with Gasteiger partial charge < -0.3 is 0 Å². The van der Waals surface area contributed by atoms with E-state index in [0.29, 0.717) is 0 Å². The van der Waals surface area contributed by atoms with Crippen LogP contribution in [0.2, 0.25) is 0 Å². The molecule has 0 aliphatic rings. The molecule has 3 nitrogen and oxygen atoms in total. The van der Waals surface area contributed by atoms with E-state index in [-0.39, 0.29) is 5.41 Å². The normalized spacial score (nSPS) is 12.1. The smallest absolute Gasteiger partial charge is 0.207 e. The first-order chi connectivity index (χ1) is 13.5. The summed E-state index contributed by atoms with van der Waals surface area (Å²) in [6.45, 7) is 9.85. The molecular formula is C24H31N3S. The van der Waals surface area contributed by atoms with Gasteiger partial charge in [-0.25, -0.2) is 9.99 Å². The maximum Gasteiger partial charge on any atom is 0.207 e. The summed E-state index contributed by atoms with van der Waals surface area (Å²) in [5.41, 5.74) is 3.67. The number of anilines is 1. The Bertz CT molecular complexity index is 870. The molecule has 0 fully saturated rings. The summed E-state index contributed by atoms with van der Waals surface area (Å²) in [5.74, 6) is 0. The van der Waals surface area contributed by atoms with Crippen LogP contribution >= 0.6 is 11.3 Å². The van der Waals surface area contributed by atoms with E-state index in [0.717, 1.165) is 29.2 Å². The van der Waals surface area contributed by atoms with E-state index >= 15 is 0 Å². The van der Waals surface area contributed by atoms with Crippen LogP contribution in [-0.4, -0.2) is 17.7 Å². The second-order valence-electron chi connectivity index (χ2n) is 8.26. The van der Waals surface area contributed by atoms with E-state index in [4.69, 9.17) is 10.1 Å². The minimum absolute atomic E-state index is 0.169. The van der Waals surface area contributed by atoms with E-state index in [9.17, 15) is 0 Å². The average Bonchev–Trinajstić information content (AvgIpc) is 3.11. The van der Waals surface area contributed by atoms with Crippen molar-refractivity contribution < 1.29 is 0 Å². The Morgan fingerprint density at radius 3 is 2.43 bits per heavy atom. The van der Waals surface area contributed by atoms with E-state index in [2.05, 4.69) is 75.2 Å². The van der Waals surface area contributed by atoms with Crippen LogP contribution in [-0.2, 0) is 5.41 Å². The van der Waals surface area contributed by atoms with Gasteiger partial charge in [-0.05, 0) is 35.1 Å². The van der Waals surface area contributed by atoms with Crippen molar-refractivity contribution in [1.82, 2.24) is 4.98 Å². The number of para-hydroxylation sites is 1. The SMILES string of the molecule is CCCCCCN(/N=C/c1ccc(C(C)(C)C)cc1)c1nc2ccccc2s1. The molecule has 0 amide bonds. The van der Waals surface area contributed by atoms with Gasteiger partial charge in [-0.15, -0.1) is 0 Å². The van der Waals surface area contributed by atoms with Crippen molar-refractivity contribution in [3.05, 3.63) is 59.7 Å². The third-order valence-electron chi connectivity index (χ3n) is 4.85. The van der Waals surface area contributed by atoms with Gasteiger partial charge in [-0.2, -0.15) is 5.10 Å². The van der Waals surface area contributed by atoms with Crippen molar-refractivity contribution in [3.8, 4) is 0 Å². The quantitative estimate of drug-likeness (QED) is 0.234. The van der Waals surface area contributed by atoms with Gasteiger partial charge in [0.2, 0.25) is 5.13 Å². The number of fused-ring (bicyclic) bond motifs is 1. The van der Waals surface area contributed by atoms with Crippen LogP contribution in [0.15, 0.2) is 53.6 Å². The number of aromatic nitrogens is 1. The van der Waals surface area contributed by atoms with Crippen molar-refractivity contribution in [3.63, 3.8) is 0 Å². The molecule has 0 unspecified atom stereocenters. The lowest BCUT2D eigenvalue weighted by Gasteiger charge is -2.19. The lowest BCUT2D eigenvalue weighted by Crippen LogP contribution is -2.18. The Kier molecular flexibility index (Phi) is 6.84. The van der Waals surface area contributed by atoms with Gasteiger partial charge in [0.15, 0.2) is 0 Å². The lowest BCUT2D eigenvalue weighted by atomic mass is 9.87. The van der Waals surface area contributed by atoms with Gasteiger partial charge in [-0.1, -0.05) is 94.7 Å². The van der Waals surface area contributed by atoms with Gasteiger partial charge in [-0.3, -0.25) is 0 Å². The van der Waals surface area contributed by atoms with Crippen LogP contribution in [0.25, 0.3) is 10.2 Å². The van der Waals surface area contributed by atoms with E-state index < -0.39 is 0 Å². The zero-order valence-electron chi connectivity index (χ0n) is 17.5. The van der Waals surface area contributed by atoms with Gasteiger partial charge in [0.25, 0.3) is 0 Å². The molecule has 0 atom stereocenters. The number of nitrogens with zero attached hydrogens (tertiary/aromatic N) is 3. The molecule has 0 saturated heterocycles. The van der Waals surface area contributed by atoms with Crippen LogP contribution in [0.3, 0.4) is 0 Å². The van der Waals surface area contributed by atoms with Crippen LogP contribution < -0.4 is 5.01 Å². The topological polar surface area (TPSA) is 28.5 Å². The summed E-state index contributed by atoms with van der Waals surface area (Å²) < 4.78 is 1.21. The van der Waals surface area contributed by atoms with Crippen LogP contribution in [0.5, 0.6) is 0 Å². The van der Waals surface area contributed by atoms with Crippen molar-refractivity contribution in [2.45, 2.75) is 58.8 Å². The van der Waals surface area contributed by atoms with E-state index in [1.807, 2.05) is 12.3 Å². The molecule has 0 spiro atoms. The van der Waals surface area contributed by atoms with E-state index in [1.165, 1.54) is 29.5 Å². The Balaban J connectivity index is 1.79. The maximum absolute atomic E-state index is 4.81. The maximum atomic E-state index is 4.81. The molecule has 148 valence electrons. The standard InChI is InChI=1S/C24H31N3S/c1-5-6-7-10-17-27(23-26-21-11-8-9-12-22(21)28-23)25-18-19-13-15-20(16-14-19)24(2,3)4/h8-9,11-16,18H,5-7,10,17H2,1-4H3/b25-18+. The predicted octanol–water partition coefficient (Wildman–Crippen LogP) is 7.01. The van der Waals surface area contributed by atoms with Gasteiger partial charge >= 0.3 is 0 Å². The highest BCUT2D eigenvalue weighted by Crippen LogP contribution is 2.29. The molecule has 0 bridgehead atoms. The summed E-state index contributed by atoms with van der Waals surface area (Å²) in [4.78, 5) is 4.80. The number of thiazole rings is 1. The summed E-state index contributed by atoms with van der Waals surface area (Å²) in [6, 6.07) is 17.0. The fraction of sp³-hybridized carbons (Fsp3) is 0.417. The third-order valence-corrected chi connectivity index (χ3v) is 5.90. The first kappa shape index (κ1) is 20.5. The zero-order chi connectivity index (χ0) is 20.0. The molecule has 3 rings (SSSR count). The lowest BCUT2D eigenvalue weighted by molar-refractivity contribution is 0.590. The number of hydrogen-bond acceptors (Lipinski definition) is 4. The molecule has 0 aliphatic carbocycles. The van der Waals surface area contributed by atoms with Crippen molar-refractivity contribution in [1.29, 1.82) is 0 Å². The largest absolute Gasteiger partial charge is 0.239 e. The highest BCUT2D eigenvalue weighted by atomic mass is 32.1. The van der Waals surface area contributed by atoms with Crippen molar-refractivity contribution >= 4 is 32.9 Å². The minimum Gasteiger partial charge on any atom is -0.239 e. The van der Waals surface area contributed by atoms with Crippen molar-refractivity contribution in [2.75, 3.05) is 11.6 Å². The van der Waals surface area contributed by atoms with Crippen LogP contribution in [0, 0.1) is 0 Å². The molecule has 28 heavy (non-hydrogen) atoms. The monoisotopic (exact) mass is 393 g/mol. The number of hydrogen-bond donors (Lipinski definition) is 0. The number of benzene rings is 2. The number of rotatable bonds is 8. The average molecular weight is 394 g/mol. The molecular weight excluding hydrogens is 362 g/mol. The van der Waals surface area contributed by atoms with E-state index in [1.54, 1.807) is 11.3 Å². The minimum atomic E-state index is 0.169. The molecule has 0 saturated carbocycles. The first-order valence-corrected chi connectivity index (χ1v) is 11.1. The van der Waals surface area contributed by atoms with Crippen LogP contribution in [0.4, 0.5) is 5.13 Å². The fourth-order valence-corrected chi connectivity index (χ4v) is 4.02. The Labute approximate surface area is 173 Å². The Hall–Kier alpha value is -2.20. The molecule has 1 heterocycles. The fourth-order valence-electron chi connectivity index (χ4n) is 3.07. The second kappa shape index (κ2) is 9.33. The Morgan fingerprint density at radius 1 is 1.00 bits per heavy atom. The summed E-state index contributed by atoms with van der Waals surface area (Å²) in [6.07, 6.45) is 6.83. The highest BCUT2D eigenvalue weighted by molar-refractivity contribution is 7.22. The molecule has 0 radical (unpaired) electrons. The first-order valence-electron chi connectivity index (χ1n) is 10.2. The Morgan fingerprint density at radius 2 is 1.75 bits per heavy atom.